The summed E-state index contributed by atoms with van der Waals surface area (Å²) in [5.74, 6) is -0.428. The first-order valence-electron chi connectivity index (χ1n) is 7.83. The van der Waals surface area contributed by atoms with Gasteiger partial charge in [0.2, 0.25) is 0 Å². The molecule has 0 atom stereocenters. The number of nitrogens with one attached hydrogen (secondary N) is 1. The van der Waals surface area contributed by atoms with Gasteiger partial charge in [-0.05, 0) is 36.8 Å². The number of aryl methyl sites for hydroxylation is 1. The van der Waals surface area contributed by atoms with E-state index in [-0.39, 0.29) is 22.7 Å². The normalized spacial score (nSPS) is 10.2. The van der Waals surface area contributed by atoms with E-state index >= 15 is 0 Å². The molecule has 2 aromatic rings. The van der Waals surface area contributed by atoms with Crippen molar-refractivity contribution in [3.8, 4) is 11.5 Å². The molecule has 138 valence electrons. The minimum atomic E-state index is -0.465. The van der Waals surface area contributed by atoms with Crippen LogP contribution in [0.25, 0.3) is 0 Å². The van der Waals surface area contributed by atoms with E-state index in [2.05, 4.69) is 5.32 Å². The van der Waals surface area contributed by atoms with Crippen LogP contribution in [0, 0.1) is 12.7 Å². The van der Waals surface area contributed by atoms with Crippen LogP contribution in [-0.2, 0) is 0 Å². The number of methoxy groups -OCH3 is 2. The van der Waals surface area contributed by atoms with Gasteiger partial charge >= 0.3 is 0 Å². The monoisotopic (exact) mass is 360 g/mol. The fourth-order valence-corrected chi connectivity index (χ4v) is 2.38. The Bertz CT molecular complexity index is 850. The summed E-state index contributed by atoms with van der Waals surface area (Å²) in [6, 6.07) is 7.08. The molecule has 0 bridgehead atoms. The van der Waals surface area contributed by atoms with Crippen molar-refractivity contribution in [1.29, 1.82) is 0 Å². The summed E-state index contributed by atoms with van der Waals surface area (Å²) in [5.41, 5.74) is 1.16. The third-order valence-electron chi connectivity index (χ3n) is 3.83. The Morgan fingerprint density at radius 2 is 1.65 bits per heavy atom. The Balaban J connectivity index is 2.47. The van der Waals surface area contributed by atoms with E-state index < -0.39 is 11.7 Å². The molecule has 0 saturated heterocycles. The van der Waals surface area contributed by atoms with E-state index in [0.717, 1.165) is 0 Å². The van der Waals surface area contributed by atoms with Crippen molar-refractivity contribution < 1.29 is 23.5 Å². The number of anilines is 1. The van der Waals surface area contributed by atoms with Crippen LogP contribution in [0.15, 0.2) is 30.3 Å². The Kier molecular flexibility index (Phi) is 5.82. The smallest absolute Gasteiger partial charge is 0.255 e. The molecule has 7 heteroatoms. The van der Waals surface area contributed by atoms with Crippen LogP contribution < -0.4 is 14.8 Å². The number of rotatable bonds is 5. The molecule has 0 fully saturated rings. The van der Waals surface area contributed by atoms with Crippen LogP contribution in [-0.4, -0.2) is 45.0 Å². The topological polar surface area (TPSA) is 67.9 Å². The van der Waals surface area contributed by atoms with Crippen LogP contribution in [0.3, 0.4) is 0 Å². The van der Waals surface area contributed by atoms with Gasteiger partial charge in [0.25, 0.3) is 11.8 Å². The van der Waals surface area contributed by atoms with Crippen molar-refractivity contribution in [2.24, 2.45) is 0 Å². The average Bonchev–Trinajstić information content (AvgIpc) is 2.62. The SMILES string of the molecule is COc1cc(NC(=O)c2ccc(F)c(C)c2)c(C(=O)N(C)C)cc1OC. The molecule has 6 nitrogen and oxygen atoms in total. The fraction of sp³-hybridized carbons (Fsp3) is 0.263. The average molecular weight is 360 g/mol. The summed E-state index contributed by atoms with van der Waals surface area (Å²) in [4.78, 5) is 26.4. The van der Waals surface area contributed by atoms with Crippen molar-refractivity contribution in [2.75, 3.05) is 33.6 Å². The van der Waals surface area contributed by atoms with Crippen molar-refractivity contribution >= 4 is 17.5 Å². The second-order valence-electron chi connectivity index (χ2n) is 5.87. The van der Waals surface area contributed by atoms with Crippen molar-refractivity contribution in [1.82, 2.24) is 4.90 Å². The summed E-state index contributed by atoms with van der Waals surface area (Å²) in [7, 11) is 6.13. The van der Waals surface area contributed by atoms with Gasteiger partial charge in [0.1, 0.15) is 5.82 Å². The van der Waals surface area contributed by atoms with E-state index in [0.29, 0.717) is 17.1 Å². The zero-order valence-electron chi connectivity index (χ0n) is 15.3. The molecule has 0 aliphatic heterocycles. The maximum atomic E-state index is 13.4. The molecule has 0 aromatic heterocycles. The second-order valence-corrected chi connectivity index (χ2v) is 5.87. The van der Waals surface area contributed by atoms with Crippen LogP contribution >= 0.6 is 0 Å². The summed E-state index contributed by atoms with van der Waals surface area (Å²) >= 11 is 0. The zero-order chi connectivity index (χ0) is 19.4. The number of nitrogens with zero attached hydrogens (tertiary/aromatic N) is 1. The highest BCUT2D eigenvalue weighted by molar-refractivity contribution is 6.09. The predicted molar refractivity (Wildman–Crippen MR) is 96.7 cm³/mol. The van der Waals surface area contributed by atoms with Gasteiger partial charge in [-0.15, -0.1) is 0 Å². The Morgan fingerprint density at radius 1 is 1.04 bits per heavy atom. The zero-order valence-corrected chi connectivity index (χ0v) is 15.3. The highest BCUT2D eigenvalue weighted by Gasteiger charge is 2.20. The lowest BCUT2D eigenvalue weighted by Gasteiger charge is -2.18. The first-order valence-corrected chi connectivity index (χ1v) is 7.83. The molecular weight excluding hydrogens is 339 g/mol. The van der Waals surface area contributed by atoms with Gasteiger partial charge in [0, 0.05) is 25.7 Å². The molecule has 0 unspecified atom stereocenters. The van der Waals surface area contributed by atoms with E-state index in [4.69, 9.17) is 9.47 Å². The maximum Gasteiger partial charge on any atom is 0.255 e. The summed E-state index contributed by atoms with van der Waals surface area (Å²) in [6.45, 7) is 1.57. The highest BCUT2D eigenvalue weighted by Crippen LogP contribution is 2.34. The molecule has 0 spiro atoms. The third kappa shape index (κ3) is 3.93. The second kappa shape index (κ2) is 7.86. The number of benzene rings is 2. The lowest BCUT2D eigenvalue weighted by atomic mass is 10.1. The first kappa shape index (κ1) is 19.2. The van der Waals surface area contributed by atoms with Crippen LogP contribution in [0.5, 0.6) is 11.5 Å². The van der Waals surface area contributed by atoms with Gasteiger partial charge in [0.05, 0.1) is 25.5 Å². The largest absolute Gasteiger partial charge is 0.493 e. The molecule has 0 radical (unpaired) electrons. The van der Waals surface area contributed by atoms with Gasteiger partial charge < -0.3 is 19.7 Å². The Hall–Kier alpha value is -3.09. The molecule has 0 aliphatic rings. The molecule has 2 rings (SSSR count). The predicted octanol–water partition coefficient (Wildman–Crippen LogP) is 3.11. The van der Waals surface area contributed by atoms with E-state index in [1.807, 2.05) is 0 Å². The van der Waals surface area contributed by atoms with Crippen molar-refractivity contribution in [3.05, 3.63) is 52.8 Å². The summed E-state index contributed by atoms with van der Waals surface area (Å²) < 4.78 is 23.9. The number of amides is 2. The molecule has 0 heterocycles. The quantitative estimate of drug-likeness (QED) is 0.890. The molecule has 0 saturated carbocycles. The minimum Gasteiger partial charge on any atom is -0.493 e. The van der Waals surface area contributed by atoms with Gasteiger partial charge in [-0.25, -0.2) is 4.39 Å². The summed E-state index contributed by atoms with van der Waals surface area (Å²) in [5, 5.41) is 2.69. The minimum absolute atomic E-state index is 0.250. The van der Waals surface area contributed by atoms with E-state index in [1.54, 1.807) is 21.0 Å². The fourth-order valence-electron chi connectivity index (χ4n) is 2.38. The summed E-state index contributed by atoms with van der Waals surface area (Å²) in [6.07, 6.45) is 0. The molecule has 26 heavy (non-hydrogen) atoms. The highest BCUT2D eigenvalue weighted by atomic mass is 19.1. The lowest BCUT2D eigenvalue weighted by molar-refractivity contribution is 0.0828. The molecular formula is C19H21FN2O4. The van der Waals surface area contributed by atoms with Crippen LogP contribution in [0.1, 0.15) is 26.3 Å². The number of carbonyl (C=O) groups excluding carboxylic acids is 2. The lowest BCUT2D eigenvalue weighted by Crippen LogP contribution is -2.24. The Morgan fingerprint density at radius 3 is 2.19 bits per heavy atom. The van der Waals surface area contributed by atoms with E-state index in [1.165, 1.54) is 49.5 Å². The Labute approximate surface area is 151 Å². The van der Waals surface area contributed by atoms with E-state index in [9.17, 15) is 14.0 Å². The maximum absolute atomic E-state index is 13.4. The number of hydrogen-bond acceptors (Lipinski definition) is 4. The molecule has 1 N–H and O–H groups in total. The third-order valence-corrected chi connectivity index (χ3v) is 3.83. The molecule has 2 amide bonds. The molecule has 2 aromatic carbocycles. The van der Waals surface area contributed by atoms with Crippen LogP contribution in [0.2, 0.25) is 0 Å². The first-order chi connectivity index (χ1) is 12.3. The van der Waals surface area contributed by atoms with Crippen molar-refractivity contribution in [2.45, 2.75) is 6.92 Å². The molecule has 0 aliphatic carbocycles. The van der Waals surface area contributed by atoms with Crippen LogP contribution in [0.4, 0.5) is 10.1 Å². The van der Waals surface area contributed by atoms with Gasteiger partial charge in [0.15, 0.2) is 11.5 Å². The number of ether oxygens (including phenoxy) is 2. The number of hydrogen-bond donors (Lipinski definition) is 1. The number of halogens is 1. The van der Waals surface area contributed by atoms with Gasteiger partial charge in [-0.2, -0.15) is 0 Å². The van der Waals surface area contributed by atoms with Gasteiger partial charge in [-0.1, -0.05) is 0 Å². The number of carbonyl (C=O) groups is 2. The van der Waals surface area contributed by atoms with Gasteiger partial charge in [-0.3, -0.25) is 9.59 Å². The van der Waals surface area contributed by atoms with Crippen molar-refractivity contribution in [3.63, 3.8) is 0 Å². The standard InChI is InChI=1S/C19H21FN2O4/c1-11-8-12(6-7-14(11)20)18(23)21-15-10-17(26-5)16(25-4)9-13(15)19(24)22(2)3/h6-10H,1-5H3,(H,21,23).